The van der Waals surface area contributed by atoms with E-state index in [1.807, 2.05) is 0 Å². The number of anilines is 1. The molecule has 1 aromatic carbocycles. The monoisotopic (exact) mass is 296 g/mol. The third-order valence-electron chi connectivity index (χ3n) is 4.32. The number of hydrogen-bond acceptors (Lipinski definition) is 4. The van der Waals surface area contributed by atoms with Crippen molar-refractivity contribution < 1.29 is 18.3 Å². The summed E-state index contributed by atoms with van der Waals surface area (Å²) in [6.07, 6.45) is 2.53. The first-order chi connectivity index (χ1) is 9.38. The minimum absolute atomic E-state index is 0.0119. The van der Waals surface area contributed by atoms with Crippen LogP contribution in [0.25, 0.3) is 0 Å². The number of nitrogens with zero attached hydrogens (tertiary/aromatic N) is 1. The maximum absolute atomic E-state index is 11.2. The minimum Gasteiger partial charge on any atom is -0.481 e. The van der Waals surface area contributed by atoms with Crippen molar-refractivity contribution in [1.29, 1.82) is 0 Å². The second-order valence-electron chi connectivity index (χ2n) is 5.43. The molecule has 6 nitrogen and oxygen atoms in total. The van der Waals surface area contributed by atoms with E-state index in [0.717, 1.165) is 18.5 Å². The number of benzene rings is 1. The maximum atomic E-state index is 11.2. The average molecular weight is 296 g/mol. The zero-order valence-electron chi connectivity index (χ0n) is 10.8. The Morgan fingerprint density at radius 1 is 1.25 bits per heavy atom. The molecule has 2 aliphatic rings. The van der Waals surface area contributed by atoms with E-state index in [9.17, 15) is 18.3 Å². The summed E-state index contributed by atoms with van der Waals surface area (Å²) < 4.78 is 22.5. The molecule has 0 amide bonds. The van der Waals surface area contributed by atoms with E-state index in [1.54, 1.807) is 12.1 Å². The number of hydrogen-bond donors (Lipinski definition) is 2. The zero-order chi connectivity index (χ0) is 14.5. The van der Waals surface area contributed by atoms with Crippen LogP contribution in [-0.4, -0.2) is 31.6 Å². The summed E-state index contributed by atoms with van der Waals surface area (Å²) in [5.74, 6) is -1.07. The van der Waals surface area contributed by atoms with Gasteiger partial charge in [-0.05, 0) is 43.5 Å². The number of nitrogens with two attached hydrogens (primary N) is 1. The lowest BCUT2D eigenvalue weighted by Crippen LogP contribution is -2.32. The van der Waals surface area contributed by atoms with Crippen LogP contribution >= 0.6 is 0 Å². The summed E-state index contributed by atoms with van der Waals surface area (Å²) in [5.41, 5.74) is 0.869. The van der Waals surface area contributed by atoms with Gasteiger partial charge in [-0.25, -0.2) is 13.6 Å². The summed E-state index contributed by atoms with van der Waals surface area (Å²) in [4.78, 5) is 13.4. The van der Waals surface area contributed by atoms with Gasteiger partial charge < -0.3 is 10.0 Å². The van der Waals surface area contributed by atoms with Crippen LogP contribution in [0.4, 0.5) is 5.69 Å². The van der Waals surface area contributed by atoms with E-state index in [1.165, 1.54) is 12.1 Å². The molecule has 7 heteroatoms. The van der Waals surface area contributed by atoms with Crippen molar-refractivity contribution in [2.75, 3.05) is 4.90 Å². The predicted octanol–water partition coefficient (Wildman–Crippen LogP) is 0.776. The Labute approximate surface area is 117 Å². The van der Waals surface area contributed by atoms with Gasteiger partial charge in [0, 0.05) is 17.8 Å². The Morgan fingerprint density at radius 3 is 2.40 bits per heavy atom. The summed E-state index contributed by atoms with van der Waals surface area (Å²) in [5, 5.41) is 14.3. The molecule has 1 aromatic rings. The molecule has 2 aliphatic heterocycles. The number of primary sulfonamides is 1. The van der Waals surface area contributed by atoms with Crippen LogP contribution in [-0.2, 0) is 14.8 Å². The Bertz CT molecular complexity index is 641. The Balaban J connectivity index is 1.89. The zero-order valence-corrected chi connectivity index (χ0v) is 11.6. The van der Waals surface area contributed by atoms with Crippen LogP contribution in [0.5, 0.6) is 0 Å². The normalized spacial score (nSPS) is 28.9. The topological polar surface area (TPSA) is 101 Å². The van der Waals surface area contributed by atoms with E-state index in [2.05, 4.69) is 4.90 Å². The molecule has 3 N–H and O–H groups in total. The van der Waals surface area contributed by atoms with Gasteiger partial charge >= 0.3 is 5.97 Å². The number of sulfonamides is 1. The van der Waals surface area contributed by atoms with Crippen molar-refractivity contribution in [3.63, 3.8) is 0 Å². The molecular weight excluding hydrogens is 280 g/mol. The molecule has 0 aromatic heterocycles. The fourth-order valence-electron chi connectivity index (χ4n) is 3.46. The molecule has 108 valence electrons. The van der Waals surface area contributed by atoms with Crippen molar-refractivity contribution in [3.8, 4) is 0 Å². The van der Waals surface area contributed by atoms with Crippen LogP contribution in [0.1, 0.15) is 19.3 Å². The molecule has 20 heavy (non-hydrogen) atoms. The molecule has 2 fully saturated rings. The van der Waals surface area contributed by atoms with Gasteiger partial charge in [-0.3, -0.25) is 4.79 Å². The molecule has 2 bridgehead atoms. The van der Waals surface area contributed by atoms with Crippen LogP contribution < -0.4 is 10.0 Å². The molecule has 0 radical (unpaired) electrons. The number of carbonyl (C=O) groups is 1. The van der Waals surface area contributed by atoms with Crippen molar-refractivity contribution in [1.82, 2.24) is 0 Å². The maximum Gasteiger partial charge on any atom is 0.308 e. The second-order valence-corrected chi connectivity index (χ2v) is 6.99. The highest BCUT2D eigenvalue weighted by Gasteiger charge is 2.49. The van der Waals surface area contributed by atoms with Gasteiger partial charge in [-0.1, -0.05) is 0 Å². The summed E-state index contributed by atoms with van der Waals surface area (Å²) >= 11 is 0. The van der Waals surface area contributed by atoms with Gasteiger partial charge in [0.15, 0.2) is 0 Å². The summed E-state index contributed by atoms with van der Waals surface area (Å²) in [7, 11) is -3.69. The van der Waals surface area contributed by atoms with Crippen molar-refractivity contribution in [2.24, 2.45) is 11.1 Å². The lowest BCUT2D eigenvalue weighted by atomic mass is 9.89. The molecule has 3 unspecified atom stereocenters. The third-order valence-corrected chi connectivity index (χ3v) is 5.25. The Kier molecular flexibility index (Phi) is 2.98. The van der Waals surface area contributed by atoms with Crippen LogP contribution in [0.3, 0.4) is 0 Å². The van der Waals surface area contributed by atoms with Gasteiger partial charge in [0.25, 0.3) is 0 Å². The smallest absolute Gasteiger partial charge is 0.308 e. The van der Waals surface area contributed by atoms with Gasteiger partial charge in [0.1, 0.15) is 0 Å². The highest BCUT2D eigenvalue weighted by molar-refractivity contribution is 7.89. The fraction of sp³-hybridized carbons (Fsp3) is 0.462. The van der Waals surface area contributed by atoms with Gasteiger partial charge in [0.2, 0.25) is 10.0 Å². The molecular formula is C13H16N2O4S. The number of fused-ring (bicyclic) bond motifs is 2. The average Bonchev–Trinajstić information content (AvgIpc) is 2.95. The quantitative estimate of drug-likeness (QED) is 0.858. The van der Waals surface area contributed by atoms with Gasteiger partial charge in [-0.2, -0.15) is 0 Å². The van der Waals surface area contributed by atoms with E-state index < -0.39 is 16.0 Å². The number of carboxylic acid groups (broad SMARTS) is 1. The Hall–Kier alpha value is -1.60. The SMILES string of the molecule is NS(=O)(=O)c1ccc(N2C3CCC2C(C(=O)O)C3)cc1. The highest BCUT2D eigenvalue weighted by Crippen LogP contribution is 2.44. The van der Waals surface area contributed by atoms with Crippen LogP contribution in [0, 0.1) is 5.92 Å². The number of carboxylic acids is 1. The predicted molar refractivity (Wildman–Crippen MR) is 72.8 cm³/mol. The molecule has 2 saturated heterocycles. The molecule has 0 spiro atoms. The lowest BCUT2D eigenvalue weighted by molar-refractivity contribution is -0.142. The molecule has 3 atom stereocenters. The van der Waals surface area contributed by atoms with Crippen molar-refractivity contribution in [3.05, 3.63) is 24.3 Å². The standard InChI is InChI=1S/C13H16N2O4S/c14-20(18,19)10-4-1-8(2-5-10)15-9-3-6-12(15)11(7-9)13(16)17/h1-2,4-5,9,11-12H,3,6-7H2,(H,16,17)(H2,14,18,19). The largest absolute Gasteiger partial charge is 0.481 e. The first kappa shape index (κ1) is 13.4. The first-order valence-corrected chi connectivity index (χ1v) is 8.06. The van der Waals surface area contributed by atoms with E-state index in [0.29, 0.717) is 6.42 Å². The van der Waals surface area contributed by atoms with E-state index in [-0.39, 0.29) is 22.9 Å². The third kappa shape index (κ3) is 2.06. The molecule has 3 rings (SSSR count). The lowest BCUT2D eigenvalue weighted by Gasteiger charge is -2.25. The Morgan fingerprint density at radius 2 is 1.90 bits per heavy atom. The minimum atomic E-state index is -3.69. The number of rotatable bonds is 3. The molecule has 0 aliphatic carbocycles. The summed E-state index contributed by atoms with van der Waals surface area (Å²) in [6.45, 7) is 0. The van der Waals surface area contributed by atoms with Crippen LogP contribution in [0.2, 0.25) is 0 Å². The number of aliphatic carboxylic acids is 1. The van der Waals surface area contributed by atoms with Crippen LogP contribution in [0.15, 0.2) is 29.2 Å². The van der Waals surface area contributed by atoms with Crippen molar-refractivity contribution >= 4 is 21.7 Å². The van der Waals surface area contributed by atoms with Gasteiger partial charge in [0.05, 0.1) is 10.8 Å². The second kappa shape index (κ2) is 4.46. The molecule has 0 saturated carbocycles. The van der Waals surface area contributed by atoms with Crippen molar-refractivity contribution in [2.45, 2.75) is 36.2 Å². The summed E-state index contributed by atoms with van der Waals surface area (Å²) in [6, 6.07) is 6.60. The van der Waals surface area contributed by atoms with Gasteiger partial charge in [-0.15, -0.1) is 0 Å². The first-order valence-electron chi connectivity index (χ1n) is 6.52. The highest BCUT2D eigenvalue weighted by atomic mass is 32.2. The van der Waals surface area contributed by atoms with E-state index in [4.69, 9.17) is 5.14 Å². The fourth-order valence-corrected chi connectivity index (χ4v) is 3.98. The van der Waals surface area contributed by atoms with E-state index >= 15 is 0 Å². The molecule has 2 heterocycles.